The first kappa shape index (κ1) is 19.3. The highest BCUT2D eigenvalue weighted by atomic mass is 127. The topological polar surface area (TPSA) is 44.6 Å². The molecule has 0 aliphatic carbocycles. The van der Waals surface area contributed by atoms with Crippen LogP contribution in [0.5, 0.6) is 0 Å². The maximum atomic E-state index is 4.25. The van der Waals surface area contributed by atoms with E-state index in [1.165, 1.54) is 11.3 Å². The molecule has 0 unspecified atom stereocenters. The molecule has 0 saturated heterocycles. The molecule has 2 aromatic rings. The Morgan fingerprint density at radius 3 is 2.52 bits per heavy atom. The number of nitrogens with one attached hydrogen (secondary N) is 2. The van der Waals surface area contributed by atoms with Crippen LogP contribution in [0, 0.1) is 0 Å². The molecule has 2 rings (SSSR count). The van der Waals surface area contributed by atoms with E-state index in [2.05, 4.69) is 61.8 Å². The molecule has 0 radical (unpaired) electrons. The van der Waals surface area contributed by atoms with Crippen LogP contribution in [-0.4, -0.2) is 38.2 Å². The van der Waals surface area contributed by atoms with Gasteiger partial charge in [0.2, 0.25) is 0 Å². The summed E-state index contributed by atoms with van der Waals surface area (Å²) in [5.74, 6) is 0.822. The van der Waals surface area contributed by atoms with Crippen molar-refractivity contribution in [1.29, 1.82) is 0 Å². The number of aliphatic imine (C=N–C) groups is 1. The molecule has 1 aromatic carbocycles. The lowest BCUT2D eigenvalue weighted by Gasteiger charge is -2.15. The van der Waals surface area contributed by atoms with E-state index in [-0.39, 0.29) is 24.0 Å². The molecule has 0 saturated carbocycles. The zero-order chi connectivity index (χ0) is 15.8. The summed E-state index contributed by atoms with van der Waals surface area (Å²) in [6.07, 6.45) is 4.12. The molecule has 5 nitrogen and oxygen atoms in total. The monoisotopic (exact) mass is 427 g/mol. The second kappa shape index (κ2) is 10.1. The predicted molar refractivity (Wildman–Crippen MR) is 109 cm³/mol. The van der Waals surface area contributed by atoms with Crippen molar-refractivity contribution in [2.75, 3.05) is 32.6 Å². The van der Waals surface area contributed by atoms with E-state index < -0.39 is 0 Å². The van der Waals surface area contributed by atoms with Crippen LogP contribution in [-0.2, 0) is 13.1 Å². The predicted octanol–water partition coefficient (Wildman–Crippen LogP) is 2.54. The third kappa shape index (κ3) is 6.52. The second-order valence-electron chi connectivity index (χ2n) is 5.34. The van der Waals surface area contributed by atoms with Gasteiger partial charge in [-0.3, -0.25) is 4.99 Å². The van der Waals surface area contributed by atoms with Crippen molar-refractivity contribution < 1.29 is 0 Å². The van der Waals surface area contributed by atoms with Crippen LogP contribution in [0.2, 0.25) is 0 Å². The van der Waals surface area contributed by atoms with Gasteiger partial charge < -0.3 is 20.1 Å². The molecule has 1 heterocycles. The first-order valence-corrected chi connectivity index (χ1v) is 7.50. The molecular weight excluding hydrogens is 401 g/mol. The Bertz CT molecular complexity index is 593. The smallest absolute Gasteiger partial charge is 0.191 e. The average Bonchev–Trinajstić information content (AvgIpc) is 3.04. The van der Waals surface area contributed by atoms with Crippen molar-refractivity contribution >= 4 is 35.6 Å². The van der Waals surface area contributed by atoms with E-state index >= 15 is 0 Å². The SMILES string of the molecule is CN=C(NCCn1cccc1)NCc1cccc(N(C)C)c1.I. The lowest BCUT2D eigenvalue weighted by Crippen LogP contribution is -2.38. The third-order valence-electron chi connectivity index (χ3n) is 3.44. The van der Waals surface area contributed by atoms with E-state index in [1.54, 1.807) is 7.05 Å². The highest BCUT2D eigenvalue weighted by molar-refractivity contribution is 14.0. The van der Waals surface area contributed by atoms with Crippen LogP contribution in [0.4, 0.5) is 5.69 Å². The molecule has 126 valence electrons. The minimum Gasteiger partial charge on any atom is -0.378 e. The van der Waals surface area contributed by atoms with E-state index in [0.29, 0.717) is 0 Å². The van der Waals surface area contributed by atoms with Crippen LogP contribution in [0.25, 0.3) is 0 Å². The highest BCUT2D eigenvalue weighted by Gasteiger charge is 2.00. The Morgan fingerprint density at radius 2 is 1.87 bits per heavy atom. The summed E-state index contributed by atoms with van der Waals surface area (Å²) in [5.41, 5.74) is 2.44. The molecule has 0 spiro atoms. The summed E-state index contributed by atoms with van der Waals surface area (Å²) in [6, 6.07) is 12.5. The minimum absolute atomic E-state index is 0. The number of hydrogen-bond acceptors (Lipinski definition) is 2. The molecule has 0 fully saturated rings. The van der Waals surface area contributed by atoms with E-state index in [4.69, 9.17) is 0 Å². The molecule has 2 N–H and O–H groups in total. The van der Waals surface area contributed by atoms with Crippen LogP contribution >= 0.6 is 24.0 Å². The summed E-state index contributed by atoms with van der Waals surface area (Å²) in [7, 11) is 5.89. The number of guanidine groups is 1. The van der Waals surface area contributed by atoms with Crippen molar-refractivity contribution in [2.24, 2.45) is 4.99 Å². The summed E-state index contributed by atoms with van der Waals surface area (Å²) >= 11 is 0. The third-order valence-corrected chi connectivity index (χ3v) is 3.44. The molecule has 0 atom stereocenters. The Labute approximate surface area is 155 Å². The lowest BCUT2D eigenvalue weighted by atomic mass is 10.2. The fourth-order valence-corrected chi connectivity index (χ4v) is 2.17. The maximum Gasteiger partial charge on any atom is 0.191 e. The highest BCUT2D eigenvalue weighted by Crippen LogP contribution is 2.12. The quantitative estimate of drug-likeness (QED) is 0.423. The Balaban J connectivity index is 0.00000264. The number of benzene rings is 1. The number of hydrogen-bond donors (Lipinski definition) is 2. The van der Waals surface area contributed by atoms with Gasteiger partial charge in [0.05, 0.1) is 0 Å². The van der Waals surface area contributed by atoms with Crippen LogP contribution < -0.4 is 15.5 Å². The van der Waals surface area contributed by atoms with Crippen molar-refractivity contribution in [2.45, 2.75) is 13.1 Å². The van der Waals surface area contributed by atoms with Gasteiger partial charge in [0, 0.05) is 58.9 Å². The van der Waals surface area contributed by atoms with Gasteiger partial charge in [-0.1, -0.05) is 12.1 Å². The molecule has 6 heteroatoms. The Hall–Kier alpha value is -1.70. The van der Waals surface area contributed by atoms with Crippen LogP contribution in [0.1, 0.15) is 5.56 Å². The molecule has 23 heavy (non-hydrogen) atoms. The van der Waals surface area contributed by atoms with Crippen molar-refractivity contribution in [3.63, 3.8) is 0 Å². The molecule has 0 aliphatic rings. The normalized spacial score (nSPS) is 10.8. The lowest BCUT2D eigenvalue weighted by molar-refractivity contribution is 0.665. The Morgan fingerprint density at radius 1 is 1.13 bits per heavy atom. The summed E-state index contributed by atoms with van der Waals surface area (Å²) < 4.78 is 2.14. The van der Waals surface area contributed by atoms with Gasteiger partial charge in [-0.25, -0.2) is 0 Å². The molecule has 0 bridgehead atoms. The van der Waals surface area contributed by atoms with Gasteiger partial charge in [-0.15, -0.1) is 24.0 Å². The zero-order valence-electron chi connectivity index (χ0n) is 14.0. The molecular formula is C17H26IN5. The second-order valence-corrected chi connectivity index (χ2v) is 5.34. The minimum atomic E-state index is 0. The average molecular weight is 427 g/mol. The number of aromatic nitrogens is 1. The summed E-state index contributed by atoms with van der Waals surface area (Å²) in [4.78, 5) is 6.36. The van der Waals surface area contributed by atoms with Gasteiger partial charge in [-0.2, -0.15) is 0 Å². The maximum absolute atomic E-state index is 4.25. The fraction of sp³-hybridized carbons (Fsp3) is 0.353. The van der Waals surface area contributed by atoms with E-state index in [1.807, 2.05) is 26.2 Å². The van der Waals surface area contributed by atoms with Gasteiger partial charge in [0.15, 0.2) is 5.96 Å². The molecule has 0 aliphatic heterocycles. The number of anilines is 1. The van der Waals surface area contributed by atoms with Crippen LogP contribution in [0.3, 0.4) is 0 Å². The fourth-order valence-electron chi connectivity index (χ4n) is 2.17. The van der Waals surface area contributed by atoms with E-state index in [0.717, 1.165) is 25.6 Å². The van der Waals surface area contributed by atoms with Crippen molar-refractivity contribution in [3.05, 3.63) is 54.4 Å². The van der Waals surface area contributed by atoms with Crippen molar-refractivity contribution in [3.8, 4) is 0 Å². The number of rotatable bonds is 6. The standard InChI is InChI=1S/C17H25N5.HI/c1-18-17(19-9-12-22-10-4-5-11-22)20-14-15-7-6-8-16(13-15)21(2)3;/h4-8,10-11,13H,9,12,14H2,1-3H3,(H2,18,19,20);1H. The van der Waals surface area contributed by atoms with Crippen molar-refractivity contribution in [1.82, 2.24) is 15.2 Å². The van der Waals surface area contributed by atoms with Crippen LogP contribution in [0.15, 0.2) is 53.8 Å². The summed E-state index contributed by atoms with van der Waals surface area (Å²) in [5, 5.41) is 6.67. The molecule has 0 amide bonds. The van der Waals surface area contributed by atoms with Gasteiger partial charge in [0.1, 0.15) is 0 Å². The van der Waals surface area contributed by atoms with Gasteiger partial charge >= 0.3 is 0 Å². The first-order valence-electron chi connectivity index (χ1n) is 7.50. The van der Waals surface area contributed by atoms with E-state index in [9.17, 15) is 0 Å². The first-order chi connectivity index (χ1) is 10.7. The summed E-state index contributed by atoms with van der Waals surface area (Å²) in [6.45, 7) is 2.51. The van der Waals surface area contributed by atoms with Gasteiger partial charge in [-0.05, 0) is 29.8 Å². The van der Waals surface area contributed by atoms with Gasteiger partial charge in [0.25, 0.3) is 0 Å². The number of halogens is 1. The number of nitrogens with zero attached hydrogens (tertiary/aromatic N) is 3. The largest absolute Gasteiger partial charge is 0.378 e. The molecule has 1 aromatic heterocycles. The zero-order valence-corrected chi connectivity index (χ0v) is 16.3. The Kier molecular flexibility index (Phi) is 8.53.